The zero-order chi connectivity index (χ0) is 18.9. The fraction of sp³-hybridized carbons (Fsp3) is 0.200. The average Bonchev–Trinajstić information content (AvgIpc) is 2.94. The Kier molecular flexibility index (Phi) is 4.59. The van der Waals surface area contributed by atoms with E-state index in [1.807, 2.05) is 0 Å². The molecule has 1 fully saturated rings. The fourth-order valence-corrected chi connectivity index (χ4v) is 5.48. The van der Waals surface area contributed by atoms with Crippen molar-refractivity contribution in [2.75, 3.05) is 21.3 Å². The van der Waals surface area contributed by atoms with E-state index in [1.165, 1.54) is 34.6 Å². The summed E-state index contributed by atoms with van der Waals surface area (Å²) in [4.78, 5) is 9.82. The molecule has 138 valence electrons. The van der Waals surface area contributed by atoms with Gasteiger partial charge in [-0.05, 0) is 30.7 Å². The van der Waals surface area contributed by atoms with Crippen molar-refractivity contribution in [3.63, 3.8) is 0 Å². The van der Waals surface area contributed by atoms with Crippen LogP contribution in [0.3, 0.4) is 0 Å². The van der Waals surface area contributed by atoms with Crippen molar-refractivity contribution in [3.8, 4) is 0 Å². The van der Waals surface area contributed by atoms with E-state index in [0.717, 1.165) is 12.1 Å². The summed E-state index contributed by atoms with van der Waals surface area (Å²) in [5, 5.41) is 11.1. The standard InChI is InChI=1S/C15H15N3O6S2/c19-18(20)14-7-1-2-8-15(14)26(23,24)16-12-5-3-6-13(11-12)17-9-4-10-25(17,21)22/h1-3,5-8,11,16H,4,9-10H2. The van der Waals surface area contributed by atoms with Crippen LogP contribution in [0.4, 0.5) is 17.1 Å². The van der Waals surface area contributed by atoms with Gasteiger partial charge in [0, 0.05) is 12.6 Å². The van der Waals surface area contributed by atoms with Gasteiger partial charge in [-0.3, -0.25) is 19.1 Å². The molecule has 11 heteroatoms. The summed E-state index contributed by atoms with van der Waals surface area (Å²) in [7, 11) is -7.62. The second-order valence-corrected chi connectivity index (χ2v) is 9.29. The Morgan fingerprint density at radius 3 is 2.50 bits per heavy atom. The molecule has 0 aliphatic carbocycles. The summed E-state index contributed by atoms with van der Waals surface area (Å²) in [6, 6.07) is 10.9. The third-order valence-corrected chi connectivity index (χ3v) is 7.14. The van der Waals surface area contributed by atoms with Crippen molar-refractivity contribution in [2.24, 2.45) is 0 Å². The molecule has 0 atom stereocenters. The fourth-order valence-electron chi connectivity index (χ4n) is 2.70. The number of nitrogens with zero attached hydrogens (tertiary/aromatic N) is 2. The van der Waals surface area contributed by atoms with Crippen molar-refractivity contribution in [1.82, 2.24) is 0 Å². The SMILES string of the molecule is O=[N+]([O-])c1ccccc1S(=O)(=O)Nc1cccc(N2CCCS2(=O)=O)c1. The molecule has 1 aliphatic rings. The summed E-state index contributed by atoms with van der Waals surface area (Å²) in [6.45, 7) is 0.322. The molecular formula is C15H15N3O6S2. The van der Waals surface area contributed by atoms with Gasteiger partial charge in [-0.1, -0.05) is 18.2 Å². The highest BCUT2D eigenvalue weighted by molar-refractivity contribution is 7.93. The molecule has 0 amide bonds. The van der Waals surface area contributed by atoms with Crippen molar-refractivity contribution >= 4 is 37.1 Å². The Bertz CT molecular complexity index is 1070. The highest BCUT2D eigenvalue weighted by Gasteiger charge is 2.29. The van der Waals surface area contributed by atoms with Crippen LogP contribution >= 0.6 is 0 Å². The molecule has 1 heterocycles. The molecular weight excluding hydrogens is 382 g/mol. The first-order chi connectivity index (χ1) is 12.2. The van der Waals surface area contributed by atoms with Gasteiger partial charge in [0.1, 0.15) is 0 Å². The van der Waals surface area contributed by atoms with Crippen LogP contribution in [0.5, 0.6) is 0 Å². The first kappa shape index (κ1) is 18.1. The Hall–Kier alpha value is -2.66. The monoisotopic (exact) mass is 397 g/mol. The normalized spacial score (nSPS) is 16.4. The summed E-state index contributed by atoms with van der Waals surface area (Å²) >= 11 is 0. The Labute approximate surface area is 150 Å². The maximum Gasteiger partial charge on any atom is 0.289 e. The Morgan fingerprint density at radius 1 is 1.12 bits per heavy atom. The number of hydrogen-bond acceptors (Lipinski definition) is 6. The van der Waals surface area contributed by atoms with Gasteiger partial charge in [0.25, 0.3) is 15.7 Å². The third kappa shape index (κ3) is 3.48. The number of nitrogens with one attached hydrogen (secondary N) is 1. The van der Waals surface area contributed by atoms with Crippen molar-refractivity contribution in [2.45, 2.75) is 11.3 Å². The Balaban J connectivity index is 1.95. The number of nitro benzene ring substituents is 1. The number of sulfonamides is 2. The van der Waals surface area contributed by atoms with Gasteiger partial charge in [0.15, 0.2) is 4.90 Å². The number of anilines is 2. The van der Waals surface area contributed by atoms with Crippen LogP contribution in [0.1, 0.15) is 6.42 Å². The highest BCUT2D eigenvalue weighted by atomic mass is 32.2. The van der Waals surface area contributed by atoms with E-state index in [0.29, 0.717) is 18.7 Å². The zero-order valence-electron chi connectivity index (χ0n) is 13.4. The van der Waals surface area contributed by atoms with Crippen LogP contribution in [-0.2, 0) is 20.0 Å². The molecule has 3 rings (SSSR count). The van der Waals surface area contributed by atoms with E-state index >= 15 is 0 Å². The summed E-state index contributed by atoms with van der Waals surface area (Å²) in [5.41, 5.74) is -0.0914. The highest BCUT2D eigenvalue weighted by Crippen LogP contribution is 2.29. The van der Waals surface area contributed by atoms with Crippen LogP contribution in [0.25, 0.3) is 0 Å². The first-order valence-corrected chi connectivity index (χ1v) is 10.7. The van der Waals surface area contributed by atoms with Crippen molar-refractivity contribution in [3.05, 3.63) is 58.6 Å². The van der Waals surface area contributed by atoms with Crippen LogP contribution in [0.15, 0.2) is 53.4 Å². The van der Waals surface area contributed by atoms with E-state index in [4.69, 9.17) is 0 Å². The lowest BCUT2D eigenvalue weighted by Gasteiger charge is -2.18. The van der Waals surface area contributed by atoms with Crippen LogP contribution in [-0.4, -0.2) is 34.1 Å². The predicted molar refractivity (Wildman–Crippen MR) is 96.1 cm³/mol. The molecule has 2 aromatic rings. The topological polar surface area (TPSA) is 127 Å². The van der Waals surface area contributed by atoms with Crippen LogP contribution in [0, 0.1) is 10.1 Å². The molecule has 1 saturated heterocycles. The first-order valence-electron chi connectivity index (χ1n) is 7.57. The van der Waals surface area contributed by atoms with Gasteiger partial charge < -0.3 is 0 Å². The van der Waals surface area contributed by atoms with E-state index < -0.39 is 35.6 Å². The molecule has 0 radical (unpaired) electrons. The molecule has 0 unspecified atom stereocenters. The summed E-state index contributed by atoms with van der Waals surface area (Å²) < 4.78 is 52.6. The summed E-state index contributed by atoms with van der Waals surface area (Å²) in [6.07, 6.45) is 0.495. The lowest BCUT2D eigenvalue weighted by molar-refractivity contribution is -0.387. The van der Waals surface area contributed by atoms with Crippen LogP contribution in [0.2, 0.25) is 0 Å². The summed E-state index contributed by atoms with van der Waals surface area (Å²) in [5.74, 6) is 0.0408. The van der Waals surface area contributed by atoms with Gasteiger partial charge >= 0.3 is 0 Å². The minimum absolute atomic E-state index is 0.0408. The number of benzene rings is 2. The molecule has 0 aromatic heterocycles. The lowest BCUT2D eigenvalue weighted by atomic mass is 10.3. The zero-order valence-corrected chi connectivity index (χ0v) is 15.0. The largest absolute Gasteiger partial charge is 0.289 e. The second-order valence-electron chi connectivity index (χ2n) is 5.62. The van der Waals surface area contributed by atoms with Gasteiger partial charge in [0.2, 0.25) is 10.0 Å². The van der Waals surface area contributed by atoms with E-state index in [1.54, 1.807) is 6.07 Å². The van der Waals surface area contributed by atoms with Gasteiger partial charge in [-0.2, -0.15) is 0 Å². The minimum atomic E-state index is -4.22. The quantitative estimate of drug-likeness (QED) is 0.607. The maximum absolute atomic E-state index is 12.5. The smallest absolute Gasteiger partial charge is 0.279 e. The number of nitro groups is 1. The molecule has 0 saturated carbocycles. The minimum Gasteiger partial charge on any atom is -0.279 e. The number of para-hydroxylation sites is 1. The average molecular weight is 397 g/mol. The molecule has 0 spiro atoms. The molecule has 26 heavy (non-hydrogen) atoms. The maximum atomic E-state index is 12.5. The van der Waals surface area contributed by atoms with Gasteiger partial charge in [-0.15, -0.1) is 0 Å². The Morgan fingerprint density at radius 2 is 1.85 bits per heavy atom. The van der Waals surface area contributed by atoms with Gasteiger partial charge in [0.05, 0.1) is 22.1 Å². The van der Waals surface area contributed by atoms with E-state index in [2.05, 4.69) is 4.72 Å². The number of rotatable bonds is 5. The molecule has 2 aromatic carbocycles. The molecule has 0 bridgehead atoms. The molecule has 1 aliphatic heterocycles. The third-order valence-electron chi connectivity index (χ3n) is 3.84. The van der Waals surface area contributed by atoms with E-state index in [9.17, 15) is 26.9 Å². The molecule has 1 N–H and O–H groups in total. The van der Waals surface area contributed by atoms with Crippen LogP contribution < -0.4 is 9.03 Å². The predicted octanol–water partition coefficient (Wildman–Crippen LogP) is 1.94. The number of hydrogen-bond donors (Lipinski definition) is 1. The van der Waals surface area contributed by atoms with E-state index in [-0.39, 0.29) is 11.4 Å². The second kappa shape index (κ2) is 6.57. The van der Waals surface area contributed by atoms with Crippen molar-refractivity contribution < 1.29 is 21.8 Å². The molecule has 9 nitrogen and oxygen atoms in total. The van der Waals surface area contributed by atoms with Gasteiger partial charge in [-0.25, -0.2) is 16.8 Å². The lowest BCUT2D eigenvalue weighted by Crippen LogP contribution is -2.25. The van der Waals surface area contributed by atoms with Crippen molar-refractivity contribution in [1.29, 1.82) is 0 Å².